The molecule has 26 heavy (non-hydrogen) atoms. The Morgan fingerprint density at radius 3 is 1.96 bits per heavy atom. The first-order chi connectivity index (χ1) is 12.2. The van der Waals surface area contributed by atoms with Crippen LogP contribution in [0.5, 0.6) is 0 Å². The average Bonchev–Trinajstić information content (AvgIpc) is 2.59. The Balaban J connectivity index is 1.88. The van der Waals surface area contributed by atoms with Gasteiger partial charge in [-0.15, -0.1) is 0 Å². The topological polar surface area (TPSA) is 58.2 Å². The van der Waals surface area contributed by atoms with E-state index in [9.17, 15) is 9.59 Å². The number of hydrogen-bond donors (Lipinski definition) is 2. The van der Waals surface area contributed by atoms with E-state index in [1.165, 1.54) is 11.1 Å². The van der Waals surface area contributed by atoms with Crippen molar-refractivity contribution in [3.8, 4) is 0 Å². The molecule has 4 heteroatoms. The minimum absolute atomic E-state index is 0.0467. The van der Waals surface area contributed by atoms with E-state index in [0.29, 0.717) is 18.2 Å². The molecule has 0 aromatic heterocycles. The van der Waals surface area contributed by atoms with E-state index in [4.69, 9.17) is 0 Å². The van der Waals surface area contributed by atoms with Gasteiger partial charge in [-0.3, -0.25) is 9.59 Å². The van der Waals surface area contributed by atoms with Gasteiger partial charge in [-0.05, 0) is 40.2 Å². The Morgan fingerprint density at radius 2 is 1.46 bits per heavy atom. The third kappa shape index (κ3) is 5.45. The van der Waals surface area contributed by atoms with Crippen LogP contribution in [0.3, 0.4) is 0 Å². The summed E-state index contributed by atoms with van der Waals surface area (Å²) in [6.45, 7) is 11.0. The van der Waals surface area contributed by atoms with Crippen molar-refractivity contribution in [2.24, 2.45) is 0 Å². The maximum absolute atomic E-state index is 12.0. The molecule has 2 aromatic rings. The molecule has 0 fully saturated rings. The standard InChI is InChI=1S/C22H28N2O2/c1-15(2)17-8-6-16(7-9-17)14-23-20(25)21(26)24-19-12-10-18(11-13-19)22(3,4)5/h6-13,15H,14H2,1-5H3,(H,23,25)(H,24,26). The van der Waals surface area contributed by atoms with Crippen LogP contribution in [0, 0.1) is 0 Å². The molecule has 2 amide bonds. The van der Waals surface area contributed by atoms with E-state index in [0.717, 1.165) is 5.56 Å². The van der Waals surface area contributed by atoms with Crippen LogP contribution in [0.25, 0.3) is 0 Å². The normalized spacial score (nSPS) is 11.3. The Kier molecular flexibility index (Phi) is 6.19. The summed E-state index contributed by atoms with van der Waals surface area (Å²) >= 11 is 0. The molecule has 0 radical (unpaired) electrons. The second-order valence-electron chi connectivity index (χ2n) is 7.86. The van der Waals surface area contributed by atoms with Crippen molar-refractivity contribution in [2.75, 3.05) is 5.32 Å². The first kappa shape index (κ1) is 19.7. The molecular formula is C22H28N2O2. The average molecular weight is 352 g/mol. The van der Waals surface area contributed by atoms with Crippen molar-refractivity contribution >= 4 is 17.5 Å². The largest absolute Gasteiger partial charge is 0.344 e. The molecule has 0 saturated carbocycles. The number of rotatable bonds is 4. The molecule has 0 spiro atoms. The van der Waals surface area contributed by atoms with Crippen LogP contribution in [0.15, 0.2) is 48.5 Å². The fourth-order valence-corrected chi connectivity index (χ4v) is 2.52. The number of anilines is 1. The smallest absolute Gasteiger partial charge is 0.313 e. The van der Waals surface area contributed by atoms with Gasteiger partial charge in [-0.25, -0.2) is 0 Å². The highest BCUT2D eigenvalue weighted by Gasteiger charge is 2.15. The van der Waals surface area contributed by atoms with Gasteiger partial charge in [0.2, 0.25) is 0 Å². The first-order valence-corrected chi connectivity index (χ1v) is 8.95. The molecular weight excluding hydrogens is 324 g/mol. The molecule has 0 bridgehead atoms. The van der Waals surface area contributed by atoms with Gasteiger partial charge in [-0.1, -0.05) is 71.0 Å². The Labute approximate surface area is 156 Å². The van der Waals surface area contributed by atoms with E-state index < -0.39 is 11.8 Å². The van der Waals surface area contributed by atoms with Gasteiger partial charge >= 0.3 is 11.8 Å². The molecule has 0 aliphatic heterocycles. The van der Waals surface area contributed by atoms with Crippen LogP contribution in [0.1, 0.15) is 57.2 Å². The number of amides is 2. The highest BCUT2D eigenvalue weighted by molar-refractivity contribution is 6.39. The first-order valence-electron chi connectivity index (χ1n) is 8.95. The molecule has 0 heterocycles. The van der Waals surface area contributed by atoms with E-state index in [-0.39, 0.29) is 5.41 Å². The maximum atomic E-state index is 12.0. The lowest BCUT2D eigenvalue weighted by molar-refractivity contribution is -0.136. The molecule has 4 nitrogen and oxygen atoms in total. The quantitative estimate of drug-likeness (QED) is 0.803. The fourth-order valence-electron chi connectivity index (χ4n) is 2.52. The zero-order valence-electron chi connectivity index (χ0n) is 16.2. The molecule has 2 N–H and O–H groups in total. The van der Waals surface area contributed by atoms with Crippen LogP contribution in [0.4, 0.5) is 5.69 Å². The number of carbonyl (C=O) groups excluding carboxylic acids is 2. The second-order valence-corrected chi connectivity index (χ2v) is 7.86. The summed E-state index contributed by atoms with van der Waals surface area (Å²) in [5.74, 6) is -0.834. The summed E-state index contributed by atoms with van der Waals surface area (Å²) in [5, 5.41) is 5.28. The van der Waals surface area contributed by atoms with E-state index in [1.807, 2.05) is 48.5 Å². The van der Waals surface area contributed by atoms with Crippen molar-refractivity contribution < 1.29 is 9.59 Å². The van der Waals surface area contributed by atoms with Crippen LogP contribution in [0.2, 0.25) is 0 Å². The molecule has 2 aromatic carbocycles. The Bertz CT molecular complexity index is 754. The number of hydrogen-bond acceptors (Lipinski definition) is 2. The molecule has 2 rings (SSSR count). The summed E-state index contributed by atoms with van der Waals surface area (Å²) in [4.78, 5) is 24.0. The van der Waals surface area contributed by atoms with Crippen molar-refractivity contribution in [3.63, 3.8) is 0 Å². The van der Waals surface area contributed by atoms with Crippen LogP contribution < -0.4 is 10.6 Å². The Morgan fingerprint density at radius 1 is 0.885 bits per heavy atom. The van der Waals surface area contributed by atoms with Gasteiger partial charge in [0.25, 0.3) is 0 Å². The van der Waals surface area contributed by atoms with Crippen molar-refractivity contribution in [1.82, 2.24) is 5.32 Å². The lowest BCUT2D eigenvalue weighted by Crippen LogP contribution is -2.34. The lowest BCUT2D eigenvalue weighted by Gasteiger charge is -2.19. The minimum Gasteiger partial charge on any atom is -0.344 e. The van der Waals surface area contributed by atoms with Gasteiger partial charge in [0, 0.05) is 12.2 Å². The highest BCUT2D eigenvalue weighted by atomic mass is 16.2. The summed E-state index contributed by atoms with van der Waals surface area (Å²) < 4.78 is 0. The number of nitrogens with one attached hydrogen (secondary N) is 2. The molecule has 138 valence electrons. The highest BCUT2D eigenvalue weighted by Crippen LogP contribution is 2.23. The van der Waals surface area contributed by atoms with Gasteiger partial charge in [0.05, 0.1) is 0 Å². The zero-order chi connectivity index (χ0) is 19.3. The second kappa shape index (κ2) is 8.17. The number of carbonyl (C=O) groups is 2. The zero-order valence-corrected chi connectivity index (χ0v) is 16.2. The van der Waals surface area contributed by atoms with Gasteiger partial charge in [-0.2, -0.15) is 0 Å². The van der Waals surface area contributed by atoms with E-state index in [2.05, 4.69) is 45.3 Å². The molecule has 0 aliphatic carbocycles. The summed E-state index contributed by atoms with van der Waals surface area (Å²) in [5.41, 5.74) is 4.04. The predicted octanol–water partition coefficient (Wildman–Crippen LogP) is 4.36. The maximum Gasteiger partial charge on any atom is 0.313 e. The summed E-state index contributed by atoms with van der Waals surface area (Å²) in [6, 6.07) is 15.6. The van der Waals surface area contributed by atoms with Gasteiger partial charge in [0.15, 0.2) is 0 Å². The van der Waals surface area contributed by atoms with Gasteiger partial charge < -0.3 is 10.6 Å². The third-order valence-corrected chi connectivity index (χ3v) is 4.31. The summed E-state index contributed by atoms with van der Waals surface area (Å²) in [7, 11) is 0. The third-order valence-electron chi connectivity index (χ3n) is 4.31. The predicted molar refractivity (Wildman–Crippen MR) is 106 cm³/mol. The van der Waals surface area contributed by atoms with Crippen molar-refractivity contribution in [2.45, 2.75) is 52.5 Å². The van der Waals surface area contributed by atoms with Crippen LogP contribution in [-0.2, 0) is 21.5 Å². The number of benzene rings is 2. The lowest BCUT2D eigenvalue weighted by atomic mass is 9.87. The van der Waals surface area contributed by atoms with E-state index >= 15 is 0 Å². The van der Waals surface area contributed by atoms with Gasteiger partial charge in [0.1, 0.15) is 0 Å². The van der Waals surface area contributed by atoms with Crippen LogP contribution in [-0.4, -0.2) is 11.8 Å². The van der Waals surface area contributed by atoms with Crippen molar-refractivity contribution in [3.05, 3.63) is 65.2 Å². The molecule has 0 saturated heterocycles. The molecule has 0 aliphatic rings. The van der Waals surface area contributed by atoms with Crippen molar-refractivity contribution in [1.29, 1.82) is 0 Å². The monoisotopic (exact) mass is 352 g/mol. The minimum atomic E-state index is -0.660. The summed E-state index contributed by atoms with van der Waals surface area (Å²) in [6.07, 6.45) is 0. The van der Waals surface area contributed by atoms with E-state index in [1.54, 1.807) is 0 Å². The molecule has 0 unspecified atom stereocenters. The SMILES string of the molecule is CC(C)c1ccc(CNC(=O)C(=O)Nc2ccc(C(C)(C)C)cc2)cc1. The molecule has 0 atom stereocenters. The van der Waals surface area contributed by atoms with Crippen LogP contribution >= 0.6 is 0 Å². The fraction of sp³-hybridized carbons (Fsp3) is 0.364. The Hall–Kier alpha value is -2.62.